The largest absolute Gasteiger partial charge is 0.493 e. The van der Waals surface area contributed by atoms with Crippen LogP contribution in [-0.4, -0.2) is 48.5 Å². The molecule has 0 spiro atoms. The molecular formula is C27H36F3N3O4. The fraction of sp³-hybridized carbons (Fsp3) is 0.519. The Bertz CT molecular complexity index is 1010. The van der Waals surface area contributed by atoms with Gasteiger partial charge < -0.3 is 15.2 Å². The Labute approximate surface area is 216 Å². The van der Waals surface area contributed by atoms with Gasteiger partial charge in [-0.1, -0.05) is 44.7 Å². The molecule has 204 valence electrons. The van der Waals surface area contributed by atoms with Crippen LogP contribution in [0.5, 0.6) is 5.75 Å². The molecule has 0 aliphatic carbocycles. The van der Waals surface area contributed by atoms with Crippen LogP contribution in [0.1, 0.15) is 63.9 Å². The lowest BCUT2D eigenvalue weighted by Gasteiger charge is -2.19. The highest BCUT2D eigenvalue weighted by molar-refractivity contribution is 5.90. The Morgan fingerprint density at radius 3 is 2.54 bits per heavy atom. The number of carboxylic acids is 1. The van der Waals surface area contributed by atoms with Crippen LogP contribution >= 0.6 is 0 Å². The molecule has 1 aromatic carbocycles. The van der Waals surface area contributed by atoms with Gasteiger partial charge in [0, 0.05) is 32.0 Å². The zero-order valence-corrected chi connectivity index (χ0v) is 21.4. The minimum absolute atomic E-state index is 0.0842. The summed E-state index contributed by atoms with van der Waals surface area (Å²) >= 11 is 0. The van der Waals surface area contributed by atoms with Crippen molar-refractivity contribution in [3.8, 4) is 17.0 Å². The molecule has 0 fully saturated rings. The highest BCUT2D eigenvalue weighted by Crippen LogP contribution is 2.32. The first-order valence-corrected chi connectivity index (χ1v) is 12.6. The zero-order valence-electron chi connectivity index (χ0n) is 21.4. The van der Waals surface area contributed by atoms with E-state index >= 15 is 0 Å². The Kier molecular flexibility index (Phi) is 12.2. The Morgan fingerprint density at radius 2 is 1.84 bits per heavy atom. The normalized spacial score (nSPS) is 11.3. The number of aliphatic carboxylic acids is 1. The molecule has 0 unspecified atom stereocenters. The summed E-state index contributed by atoms with van der Waals surface area (Å²) in [5.41, 5.74) is 1.70. The maximum atomic E-state index is 12.6. The van der Waals surface area contributed by atoms with Crippen molar-refractivity contribution in [1.82, 2.24) is 10.3 Å². The van der Waals surface area contributed by atoms with Crippen molar-refractivity contribution >= 4 is 17.8 Å². The van der Waals surface area contributed by atoms with Crippen molar-refractivity contribution in [2.45, 2.75) is 70.9 Å². The number of benzene rings is 1. The second-order valence-electron chi connectivity index (χ2n) is 8.88. The van der Waals surface area contributed by atoms with E-state index in [0.29, 0.717) is 34.9 Å². The van der Waals surface area contributed by atoms with Crippen molar-refractivity contribution in [3.05, 3.63) is 42.0 Å². The van der Waals surface area contributed by atoms with Gasteiger partial charge >= 0.3 is 18.2 Å². The number of hydrogen-bond acceptors (Lipinski definition) is 4. The molecule has 7 nitrogen and oxygen atoms in total. The van der Waals surface area contributed by atoms with E-state index in [1.807, 2.05) is 0 Å². The number of nitrogens with one attached hydrogen (secondary N) is 1. The zero-order chi connectivity index (χ0) is 27.3. The standard InChI is InChI=1S/C27H36F3N3O4/c1-3-4-5-6-7-17-31-26(36)33(2)24-11-8-10-22(32-24)21-14-12-20(13-15-25(34)35)19-23(21)37-18-9-16-27(28,29)30/h8,10-12,14,19H,3-7,9,13,15-18H2,1-2H3,(H,31,36)(H,34,35). The monoisotopic (exact) mass is 523 g/mol. The third kappa shape index (κ3) is 11.1. The molecule has 2 amide bonds. The summed E-state index contributed by atoms with van der Waals surface area (Å²) in [6.07, 6.45) is 0.151. The molecule has 37 heavy (non-hydrogen) atoms. The van der Waals surface area contributed by atoms with E-state index in [9.17, 15) is 22.8 Å². The number of rotatable bonds is 15. The quantitative estimate of drug-likeness (QED) is 0.257. The van der Waals surface area contributed by atoms with Gasteiger partial charge in [-0.05, 0) is 49.1 Å². The van der Waals surface area contributed by atoms with Crippen LogP contribution in [0.4, 0.5) is 23.8 Å². The molecule has 0 aliphatic rings. The third-order valence-electron chi connectivity index (χ3n) is 5.75. The van der Waals surface area contributed by atoms with Gasteiger partial charge in [0.05, 0.1) is 12.3 Å². The van der Waals surface area contributed by atoms with Crippen LogP contribution in [-0.2, 0) is 11.2 Å². The second kappa shape index (κ2) is 15.1. The fourth-order valence-electron chi connectivity index (χ4n) is 3.67. The number of aryl methyl sites for hydroxylation is 1. The molecule has 0 aliphatic heterocycles. The molecule has 2 aromatic rings. The number of carboxylic acid groups (broad SMARTS) is 1. The summed E-state index contributed by atoms with van der Waals surface area (Å²) < 4.78 is 43.3. The van der Waals surface area contributed by atoms with E-state index in [-0.39, 0.29) is 31.9 Å². The van der Waals surface area contributed by atoms with Crippen molar-refractivity contribution in [1.29, 1.82) is 0 Å². The van der Waals surface area contributed by atoms with E-state index in [1.165, 1.54) is 11.3 Å². The van der Waals surface area contributed by atoms with Gasteiger partial charge in [0.2, 0.25) is 0 Å². The van der Waals surface area contributed by atoms with Gasteiger partial charge in [0.15, 0.2) is 0 Å². The summed E-state index contributed by atoms with van der Waals surface area (Å²) in [7, 11) is 1.61. The molecule has 0 saturated carbocycles. The number of carbonyl (C=O) groups is 2. The van der Waals surface area contributed by atoms with E-state index in [1.54, 1.807) is 43.4 Å². The molecule has 1 aromatic heterocycles. The van der Waals surface area contributed by atoms with Crippen molar-refractivity contribution < 1.29 is 32.6 Å². The number of pyridine rings is 1. The van der Waals surface area contributed by atoms with Gasteiger partial charge in [-0.3, -0.25) is 9.69 Å². The van der Waals surface area contributed by atoms with Crippen molar-refractivity contribution in [3.63, 3.8) is 0 Å². The molecular weight excluding hydrogens is 487 g/mol. The van der Waals surface area contributed by atoms with Crippen molar-refractivity contribution in [2.24, 2.45) is 0 Å². The average molecular weight is 524 g/mol. The minimum Gasteiger partial charge on any atom is -0.493 e. The van der Waals surface area contributed by atoms with Gasteiger partial charge in [-0.15, -0.1) is 0 Å². The van der Waals surface area contributed by atoms with E-state index in [4.69, 9.17) is 9.84 Å². The molecule has 10 heteroatoms. The number of ether oxygens (including phenoxy) is 1. The van der Waals surface area contributed by atoms with Gasteiger partial charge in [0.25, 0.3) is 0 Å². The number of nitrogens with zero attached hydrogens (tertiary/aromatic N) is 2. The molecule has 0 atom stereocenters. The Hall–Kier alpha value is -3.30. The average Bonchev–Trinajstić information content (AvgIpc) is 2.86. The number of amides is 2. The maximum Gasteiger partial charge on any atom is 0.389 e. The van der Waals surface area contributed by atoms with E-state index < -0.39 is 18.6 Å². The van der Waals surface area contributed by atoms with Crippen LogP contribution < -0.4 is 15.0 Å². The first-order chi connectivity index (χ1) is 17.6. The first-order valence-electron chi connectivity index (χ1n) is 12.6. The minimum atomic E-state index is -4.27. The maximum absolute atomic E-state index is 12.6. The molecule has 2 N–H and O–H groups in total. The summed E-state index contributed by atoms with van der Waals surface area (Å²) in [6.45, 7) is 2.56. The summed E-state index contributed by atoms with van der Waals surface area (Å²) in [6, 6.07) is 9.94. The number of anilines is 1. The van der Waals surface area contributed by atoms with Crippen LogP contribution in [0.25, 0.3) is 11.3 Å². The van der Waals surface area contributed by atoms with Crippen LogP contribution in [0, 0.1) is 0 Å². The number of hydrogen-bond donors (Lipinski definition) is 2. The summed E-state index contributed by atoms with van der Waals surface area (Å²) in [4.78, 5) is 29.5. The predicted molar refractivity (Wildman–Crippen MR) is 137 cm³/mol. The van der Waals surface area contributed by atoms with Crippen molar-refractivity contribution in [2.75, 3.05) is 25.1 Å². The Balaban J connectivity index is 2.15. The smallest absolute Gasteiger partial charge is 0.389 e. The van der Waals surface area contributed by atoms with Crippen LogP contribution in [0.3, 0.4) is 0 Å². The molecule has 0 saturated heterocycles. The second-order valence-corrected chi connectivity index (χ2v) is 8.88. The highest BCUT2D eigenvalue weighted by Gasteiger charge is 2.26. The number of aromatic nitrogens is 1. The van der Waals surface area contributed by atoms with E-state index in [2.05, 4.69) is 17.2 Å². The lowest BCUT2D eigenvalue weighted by Crippen LogP contribution is -2.38. The number of halogens is 3. The summed E-state index contributed by atoms with van der Waals surface area (Å²) in [5, 5.41) is 11.9. The topological polar surface area (TPSA) is 91.8 Å². The Morgan fingerprint density at radius 1 is 1.08 bits per heavy atom. The van der Waals surface area contributed by atoms with Gasteiger partial charge in [-0.2, -0.15) is 13.2 Å². The lowest BCUT2D eigenvalue weighted by molar-refractivity contribution is -0.137. The number of urea groups is 1. The van der Waals surface area contributed by atoms with E-state index in [0.717, 1.165) is 25.7 Å². The molecule has 1 heterocycles. The predicted octanol–water partition coefficient (Wildman–Crippen LogP) is 6.60. The number of alkyl halides is 3. The first kappa shape index (κ1) is 29.9. The lowest BCUT2D eigenvalue weighted by atomic mass is 10.0. The van der Waals surface area contributed by atoms with Crippen LogP contribution in [0.2, 0.25) is 0 Å². The van der Waals surface area contributed by atoms with Gasteiger partial charge in [0.1, 0.15) is 11.6 Å². The summed E-state index contributed by atoms with van der Waals surface area (Å²) in [5.74, 6) is -0.235. The van der Waals surface area contributed by atoms with Gasteiger partial charge in [-0.25, -0.2) is 9.78 Å². The SMILES string of the molecule is CCCCCCCNC(=O)N(C)c1cccc(-c2ccc(CCC(=O)O)cc2OCCCC(F)(F)F)n1. The molecule has 0 radical (unpaired) electrons. The molecule has 0 bridgehead atoms. The number of unbranched alkanes of at least 4 members (excludes halogenated alkanes) is 4. The third-order valence-corrected chi connectivity index (χ3v) is 5.75. The van der Waals surface area contributed by atoms with Crippen LogP contribution in [0.15, 0.2) is 36.4 Å². The number of carbonyl (C=O) groups excluding carboxylic acids is 1. The molecule has 2 rings (SSSR count). The fourth-order valence-corrected chi connectivity index (χ4v) is 3.67. The highest BCUT2D eigenvalue weighted by atomic mass is 19.4.